The zero-order chi connectivity index (χ0) is 25.2. The molecule has 33 heavy (non-hydrogen) atoms. The Balaban J connectivity index is 3.27. The molecule has 1 aromatic carbocycles. The molecule has 0 radical (unpaired) electrons. The van der Waals surface area contributed by atoms with Crippen LogP contribution in [0.3, 0.4) is 0 Å². The fourth-order valence-corrected chi connectivity index (χ4v) is 3.73. The number of benzene rings is 1. The van der Waals surface area contributed by atoms with E-state index in [1.165, 1.54) is 0 Å². The van der Waals surface area contributed by atoms with E-state index in [0.717, 1.165) is 36.0 Å². The summed E-state index contributed by atoms with van der Waals surface area (Å²) in [5.41, 5.74) is 2.06. The summed E-state index contributed by atoms with van der Waals surface area (Å²) in [6.07, 6.45) is 2.99. The average molecular weight is 462 g/mol. The van der Waals surface area contributed by atoms with Gasteiger partial charge in [-0.15, -0.1) is 0 Å². The van der Waals surface area contributed by atoms with Crippen LogP contribution in [-0.2, 0) is 14.3 Å². The van der Waals surface area contributed by atoms with Gasteiger partial charge in [-0.3, -0.25) is 9.59 Å². The number of unbranched alkanes of at least 4 members (excludes halogenated alkanes) is 2. The standard InChI is InChI=1S/C26H43N3O4/c1-9-11-12-16-27-24(31)23(22-18(3)14-13-15-19(22)4)29(20(5)10-2)21(30)17-28-25(32)33-26(6,7)8/h13-15,20,23H,9-12,16-17H2,1-8H3,(H,27,31)(H,28,32). The van der Waals surface area contributed by atoms with Crippen molar-refractivity contribution in [1.82, 2.24) is 15.5 Å². The number of amides is 3. The highest BCUT2D eigenvalue weighted by molar-refractivity contribution is 5.91. The van der Waals surface area contributed by atoms with Crippen LogP contribution in [0.4, 0.5) is 4.79 Å². The quantitative estimate of drug-likeness (QED) is 0.463. The molecule has 2 unspecified atom stereocenters. The normalized spacial score (nSPS) is 13.1. The van der Waals surface area contributed by atoms with Crippen LogP contribution < -0.4 is 10.6 Å². The van der Waals surface area contributed by atoms with Gasteiger partial charge >= 0.3 is 6.09 Å². The fourth-order valence-electron chi connectivity index (χ4n) is 3.73. The highest BCUT2D eigenvalue weighted by Crippen LogP contribution is 2.30. The second-order valence-corrected chi connectivity index (χ2v) is 9.62. The first-order chi connectivity index (χ1) is 15.4. The number of carbonyl (C=O) groups is 3. The zero-order valence-corrected chi connectivity index (χ0v) is 21.7. The number of ether oxygens (including phenoxy) is 1. The van der Waals surface area contributed by atoms with Crippen molar-refractivity contribution in [3.8, 4) is 0 Å². The van der Waals surface area contributed by atoms with Crippen molar-refractivity contribution in [2.24, 2.45) is 0 Å². The molecule has 2 atom stereocenters. The van der Waals surface area contributed by atoms with E-state index in [2.05, 4.69) is 17.6 Å². The number of carbonyl (C=O) groups excluding carboxylic acids is 3. The highest BCUT2D eigenvalue weighted by Gasteiger charge is 2.36. The maximum Gasteiger partial charge on any atom is 0.408 e. The zero-order valence-electron chi connectivity index (χ0n) is 21.7. The Bertz CT molecular complexity index is 781. The van der Waals surface area contributed by atoms with Crippen molar-refractivity contribution in [3.05, 3.63) is 34.9 Å². The summed E-state index contributed by atoms with van der Waals surface area (Å²) in [6.45, 7) is 15.5. The van der Waals surface area contributed by atoms with Crippen molar-refractivity contribution in [3.63, 3.8) is 0 Å². The molecule has 7 nitrogen and oxygen atoms in total. The average Bonchev–Trinajstić information content (AvgIpc) is 2.72. The number of hydrogen-bond acceptors (Lipinski definition) is 4. The van der Waals surface area contributed by atoms with Crippen molar-refractivity contribution >= 4 is 17.9 Å². The predicted octanol–water partition coefficient (Wildman–Crippen LogP) is 4.80. The Morgan fingerprint density at radius 2 is 1.64 bits per heavy atom. The second kappa shape index (κ2) is 13.2. The molecule has 0 saturated heterocycles. The first-order valence-corrected chi connectivity index (χ1v) is 12.0. The van der Waals surface area contributed by atoms with Crippen LogP contribution in [0.2, 0.25) is 0 Å². The van der Waals surface area contributed by atoms with Gasteiger partial charge < -0.3 is 20.3 Å². The minimum absolute atomic E-state index is 0.200. The Morgan fingerprint density at radius 3 is 2.15 bits per heavy atom. The lowest BCUT2D eigenvalue weighted by Crippen LogP contribution is -2.51. The molecule has 0 fully saturated rings. The van der Waals surface area contributed by atoms with Crippen LogP contribution in [0.1, 0.15) is 90.0 Å². The maximum atomic E-state index is 13.5. The van der Waals surface area contributed by atoms with Crippen molar-refractivity contribution in [2.75, 3.05) is 13.1 Å². The Kier molecular flexibility index (Phi) is 11.4. The molecule has 0 spiro atoms. The summed E-state index contributed by atoms with van der Waals surface area (Å²) in [7, 11) is 0. The van der Waals surface area contributed by atoms with Gasteiger partial charge in [0.15, 0.2) is 0 Å². The smallest absolute Gasteiger partial charge is 0.408 e. The molecule has 0 aliphatic heterocycles. The van der Waals surface area contributed by atoms with Crippen LogP contribution in [0.15, 0.2) is 18.2 Å². The van der Waals surface area contributed by atoms with E-state index in [1.807, 2.05) is 45.9 Å². The second-order valence-electron chi connectivity index (χ2n) is 9.62. The number of alkyl carbamates (subject to hydrolysis) is 1. The van der Waals surface area contributed by atoms with Gasteiger partial charge in [0.1, 0.15) is 18.2 Å². The van der Waals surface area contributed by atoms with E-state index in [1.54, 1.807) is 25.7 Å². The first-order valence-electron chi connectivity index (χ1n) is 12.0. The van der Waals surface area contributed by atoms with Crippen molar-refractivity contribution < 1.29 is 19.1 Å². The SMILES string of the molecule is CCCCCNC(=O)C(c1c(C)cccc1C)N(C(=O)CNC(=O)OC(C)(C)C)C(C)CC. The van der Waals surface area contributed by atoms with Crippen molar-refractivity contribution in [1.29, 1.82) is 0 Å². The number of nitrogens with zero attached hydrogens (tertiary/aromatic N) is 1. The molecule has 0 heterocycles. The minimum atomic E-state index is -0.782. The van der Waals surface area contributed by atoms with E-state index in [0.29, 0.717) is 13.0 Å². The number of nitrogens with one attached hydrogen (secondary N) is 2. The summed E-state index contributed by atoms with van der Waals surface area (Å²) < 4.78 is 5.26. The number of aryl methyl sites for hydroxylation is 2. The monoisotopic (exact) mass is 461 g/mol. The van der Waals surface area contributed by atoms with Crippen LogP contribution in [0, 0.1) is 13.8 Å². The molecule has 1 rings (SSSR count). The highest BCUT2D eigenvalue weighted by atomic mass is 16.6. The van der Waals surface area contributed by atoms with E-state index < -0.39 is 17.7 Å². The Labute approximate surface area is 199 Å². The van der Waals surface area contributed by atoms with Crippen LogP contribution in [0.25, 0.3) is 0 Å². The molecule has 0 aliphatic carbocycles. The van der Waals surface area contributed by atoms with Gasteiger partial charge in [0.25, 0.3) is 0 Å². The van der Waals surface area contributed by atoms with Gasteiger partial charge in [-0.25, -0.2) is 4.79 Å². The third-order valence-corrected chi connectivity index (χ3v) is 5.56. The third kappa shape index (κ3) is 9.06. The molecular formula is C26H43N3O4. The van der Waals surface area contributed by atoms with Gasteiger partial charge in [0.05, 0.1) is 0 Å². The Hall–Kier alpha value is -2.57. The summed E-state index contributed by atoms with van der Waals surface area (Å²) in [4.78, 5) is 40.6. The van der Waals surface area contributed by atoms with Crippen LogP contribution in [-0.4, -0.2) is 47.5 Å². The van der Waals surface area contributed by atoms with Gasteiger partial charge in [-0.2, -0.15) is 0 Å². The molecule has 186 valence electrons. The summed E-state index contributed by atoms with van der Waals surface area (Å²) >= 11 is 0. The minimum Gasteiger partial charge on any atom is -0.444 e. The molecule has 0 aliphatic rings. The van der Waals surface area contributed by atoms with Gasteiger partial charge in [0, 0.05) is 12.6 Å². The van der Waals surface area contributed by atoms with Gasteiger partial charge in [0.2, 0.25) is 11.8 Å². The maximum absolute atomic E-state index is 13.5. The van der Waals surface area contributed by atoms with E-state index >= 15 is 0 Å². The van der Waals surface area contributed by atoms with E-state index in [-0.39, 0.29) is 24.4 Å². The fraction of sp³-hybridized carbons (Fsp3) is 0.654. The molecule has 3 amide bonds. The number of rotatable bonds is 11. The lowest BCUT2D eigenvalue weighted by Gasteiger charge is -2.37. The van der Waals surface area contributed by atoms with Gasteiger partial charge in [-0.1, -0.05) is 44.9 Å². The molecule has 2 N–H and O–H groups in total. The topological polar surface area (TPSA) is 87.7 Å². The van der Waals surface area contributed by atoms with Gasteiger partial charge in [-0.05, 0) is 71.1 Å². The summed E-state index contributed by atoms with van der Waals surface area (Å²) in [5, 5.41) is 5.58. The molecule has 0 saturated carbocycles. The third-order valence-electron chi connectivity index (χ3n) is 5.56. The molecule has 7 heteroatoms. The lowest BCUT2D eigenvalue weighted by molar-refractivity contribution is -0.142. The van der Waals surface area contributed by atoms with E-state index in [4.69, 9.17) is 4.74 Å². The molecule has 0 aromatic heterocycles. The molecular weight excluding hydrogens is 418 g/mol. The lowest BCUT2D eigenvalue weighted by atomic mass is 9.93. The first kappa shape index (κ1) is 28.5. The summed E-state index contributed by atoms with van der Waals surface area (Å²) in [6, 6.07) is 4.87. The van der Waals surface area contributed by atoms with Crippen LogP contribution in [0.5, 0.6) is 0 Å². The largest absolute Gasteiger partial charge is 0.444 e. The summed E-state index contributed by atoms with van der Waals surface area (Å²) in [5.74, 6) is -0.527. The van der Waals surface area contributed by atoms with Crippen LogP contribution >= 0.6 is 0 Å². The number of hydrogen-bond donors (Lipinski definition) is 2. The predicted molar refractivity (Wildman–Crippen MR) is 132 cm³/mol. The Morgan fingerprint density at radius 1 is 1.03 bits per heavy atom. The molecule has 1 aromatic rings. The van der Waals surface area contributed by atoms with Crippen molar-refractivity contribution in [2.45, 2.75) is 98.8 Å². The van der Waals surface area contributed by atoms with E-state index in [9.17, 15) is 14.4 Å². The molecule has 0 bridgehead atoms.